The van der Waals surface area contributed by atoms with E-state index in [9.17, 15) is 24.3 Å². The Hall–Kier alpha value is -3.83. The SMILES string of the molecule is CCc1ccc(C(O)c2cn([C@H]3S[C@@H](COC(C)=O)[C@@H](OC(C)=O)[C@H](OC(C)=O)[C@H]3OC(C)=O)c3ccccc23)cc1. The minimum absolute atomic E-state index is 0.155. The zero-order valence-electron chi connectivity index (χ0n) is 24.1. The Morgan fingerprint density at radius 1 is 0.833 bits per heavy atom. The zero-order chi connectivity index (χ0) is 30.6. The van der Waals surface area contributed by atoms with Gasteiger partial charge in [-0.25, -0.2) is 0 Å². The number of aliphatic hydroxyl groups is 1. The van der Waals surface area contributed by atoms with Crippen molar-refractivity contribution in [2.75, 3.05) is 6.61 Å². The van der Waals surface area contributed by atoms with Crippen molar-refractivity contribution in [3.63, 3.8) is 0 Å². The maximum absolute atomic E-state index is 12.4. The first kappa shape index (κ1) is 31.1. The van der Waals surface area contributed by atoms with Crippen LogP contribution in [0.1, 0.15) is 62.8 Å². The summed E-state index contributed by atoms with van der Waals surface area (Å²) in [6.07, 6.45) is -1.69. The molecule has 1 aliphatic rings. The van der Waals surface area contributed by atoms with E-state index in [2.05, 4.69) is 6.92 Å². The van der Waals surface area contributed by atoms with Crippen LogP contribution >= 0.6 is 11.8 Å². The first-order chi connectivity index (χ1) is 20.0. The third-order valence-corrected chi connectivity index (χ3v) is 8.54. The highest BCUT2D eigenvalue weighted by atomic mass is 32.2. The minimum Gasteiger partial charge on any atom is -0.465 e. The predicted molar refractivity (Wildman–Crippen MR) is 156 cm³/mol. The summed E-state index contributed by atoms with van der Waals surface area (Å²) in [7, 11) is 0. The van der Waals surface area contributed by atoms with Crippen LogP contribution in [0.4, 0.5) is 0 Å². The summed E-state index contributed by atoms with van der Waals surface area (Å²) in [6.45, 7) is 6.82. The lowest BCUT2D eigenvalue weighted by Crippen LogP contribution is -2.57. The molecule has 11 heteroatoms. The van der Waals surface area contributed by atoms with Crippen molar-refractivity contribution < 1.29 is 43.2 Å². The number of carbonyl (C=O) groups excluding carboxylic acids is 4. The Morgan fingerprint density at radius 2 is 1.43 bits per heavy atom. The van der Waals surface area contributed by atoms with Gasteiger partial charge in [0.05, 0.1) is 5.25 Å². The van der Waals surface area contributed by atoms with Gasteiger partial charge in [0.1, 0.15) is 18.1 Å². The van der Waals surface area contributed by atoms with Gasteiger partial charge in [-0.15, -0.1) is 11.8 Å². The number of hydrogen-bond acceptors (Lipinski definition) is 10. The third kappa shape index (κ3) is 6.96. The number of esters is 4. The molecule has 2 heterocycles. The molecular formula is C31H35NO9S. The summed E-state index contributed by atoms with van der Waals surface area (Å²) in [6, 6.07) is 15.2. The Morgan fingerprint density at radius 3 is 2.02 bits per heavy atom. The molecule has 6 atom stereocenters. The van der Waals surface area contributed by atoms with E-state index in [1.807, 2.05) is 53.1 Å². The smallest absolute Gasteiger partial charge is 0.303 e. The van der Waals surface area contributed by atoms with Gasteiger partial charge in [0, 0.05) is 50.4 Å². The fraction of sp³-hybridized carbons (Fsp3) is 0.419. The van der Waals surface area contributed by atoms with Gasteiger partial charge in [0.2, 0.25) is 0 Å². The quantitative estimate of drug-likeness (QED) is 0.282. The van der Waals surface area contributed by atoms with Crippen LogP contribution in [0.3, 0.4) is 0 Å². The average Bonchev–Trinajstić information content (AvgIpc) is 3.32. The molecule has 0 saturated carbocycles. The monoisotopic (exact) mass is 597 g/mol. The van der Waals surface area contributed by atoms with Crippen LogP contribution in [0.25, 0.3) is 10.9 Å². The van der Waals surface area contributed by atoms with Crippen LogP contribution in [0.5, 0.6) is 0 Å². The first-order valence-corrected chi connectivity index (χ1v) is 14.6. The molecule has 42 heavy (non-hydrogen) atoms. The van der Waals surface area contributed by atoms with Crippen LogP contribution in [-0.4, -0.2) is 63.7 Å². The number of aryl methyl sites for hydroxylation is 1. The van der Waals surface area contributed by atoms with Gasteiger partial charge in [-0.3, -0.25) is 19.2 Å². The number of thioether (sulfide) groups is 1. The van der Waals surface area contributed by atoms with Crippen molar-refractivity contribution in [1.82, 2.24) is 4.57 Å². The molecule has 2 aromatic carbocycles. The van der Waals surface area contributed by atoms with Crippen molar-refractivity contribution in [3.8, 4) is 0 Å². The molecule has 10 nitrogen and oxygen atoms in total. The van der Waals surface area contributed by atoms with E-state index in [0.717, 1.165) is 22.9 Å². The van der Waals surface area contributed by atoms with E-state index < -0.39 is 58.9 Å². The summed E-state index contributed by atoms with van der Waals surface area (Å²) in [5.74, 6) is -2.48. The maximum Gasteiger partial charge on any atom is 0.303 e. The fourth-order valence-electron chi connectivity index (χ4n) is 5.20. The Kier molecular flexibility index (Phi) is 9.95. The standard InChI is InChI=1S/C31H35NO9S/c1-6-21-11-13-22(14-12-21)27(37)24-15-32(25-10-8-7-9-23(24)25)31-30(41-20(5)36)29(40-19(4)35)28(39-18(3)34)26(42-31)16-38-17(2)33/h7-15,26-31,37H,6,16H2,1-5H3/t26-,27?,28+,29-,30+,31-/m0/s1. The molecule has 1 aliphatic heterocycles. The number of carbonyl (C=O) groups is 4. The van der Waals surface area contributed by atoms with Crippen LogP contribution < -0.4 is 0 Å². The summed E-state index contributed by atoms with van der Waals surface area (Å²) < 4.78 is 24.2. The second kappa shape index (κ2) is 13.4. The molecule has 1 aromatic heterocycles. The summed E-state index contributed by atoms with van der Waals surface area (Å²) in [5, 5.41) is 10.9. The normalized spacial score (nSPS) is 22.7. The number of aliphatic hydroxyl groups excluding tert-OH is 1. The Bertz CT molecular complexity index is 1450. The van der Waals surface area contributed by atoms with E-state index in [1.165, 1.54) is 39.5 Å². The summed E-state index contributed by atoms with van der Waals surface area (Å²) in [5.41, 5.74) is 3.21. The molecule has 0 radical (unpaired) electrons. The molecule has 0 aliphatic carbocycles. The average molecular weight is 598 g/mol. The van der Waals surface area contributed by atoms with Gasteiger partial charge in [-0.05, 0) is 23.6 Å². The van der Waals surface area contributed by atoms with E-state index in [0.29, 0.717) is 11.1 Å². The Balaban J connectivity index is 1.86. The number of ether oxygens (including phenoxy) is 4. The van der Waals surface area contributed by atoms with Crippen molar-refractivity contribution in [1.29, 1.82) is 0 Å². The largest absolute Gasteiger partial charge is 0.465 e. The topological polar surface area (TPSA) is 130 Å². The number of rotatable bonds is 9. The minimum atomic E-state index is -1.21. The molecule has 1 saturated heterocycles. The number of nitrogens with zero attached hydrogens (tertiary/aromatic N) is 1. The molecule has 4 rings (SSSR count). The van der Waals surface area contributed by atoms with E-state index in [1.54, 1.807) is 6.20 Å². The molecule has 0 amide bonds. The van der Waals surface area contributed by atoms with Gasteiger partial charge in [0.25, 0.3) is 0 Å². The number of benzene rings is 2. The second-order valence-electron chi connectivity index (χ2n) is 10.1. The van der Waals surface area contributed by atoms with Gasteiger partial charge in [-0.2, -0.15) is 0 Å². The van der Waals surface area contributed by atoms with Gasteiger partial charge < -0.3 is 28.6 Å². The maximum atomic E-state index is 12.4. The van der Waals surface area contributed by atoms with E-state index in [4.69, 9.17) is 18.9 Å². The van der Waals surface area contributed by atoms with Crippen LogP contribution in [0, 0.1) is 0 Å². The van der Waals surface area contributed by atoms with E-state index >= 15 is 0 Å². The van der Waals surface area contributed by atoms with Crippen molar-refractivity contribution in [3.05, 3.63) is 71.4 Å². The highest BCUT2D eigenvalue weighted by Crippen LogP contribution is 2.46. The van der Waals surface area contributed by atoms with Crippen molar-refractivity contribution in [2.24, 2.45) is 0 Å². The van der Waals surface area contributed by atoms with E-state index in [-0.39, 0.29) is 6.61 Å². The molecule has 3 aromatic rings. The van der Waals surface area contributed by atoms with Crippen LogP contribution in [0.15, 0.2) is 54.7 Å². The fourth-order valence-corrected chi connectivity index (χ4v) is 6.75. The lowest BCUT2D eigenvalue weighted by Gasteiger charge is -2.44. The third-order valence-electron chi connectivity index (χ3n) is 7.01. The van der Waals surface area contributed by atoms with Gasteiger partial charge >= 0.3 is 23.9 Å². The number of aromatic nitrogens is 1. The molecule has 224 valence electrons. The lowest BCUT2D eigenvalue weighted by molar-refractivity contribution is -0.187. The summed E-state index contributed by atoms with van der Waals surface area (Å²) in [4.78, 5) is 48.5. The van der Waals surface area contributed by atoms with Crippen LogP contribution in [0.2, 0.25) is 0 Å². The highest BCUT2D eigenvalue weighted by molar-refractivity contribution is 8.00. The summed E-state index contributed by atoms with van der Waals surface area (Å²) >= 11 is 1.26. The Labute approximate surface area is 248 Å². The zero-order valence-corrected chi connectivity index (χ0v) is 25.0. The molecule has 0 bridgehead atoms. The number of para-hydroxylation sites is 1. The molecule has 1 unspecified atom stereocenters. The predicted octanol–water partition coefficient (Wildman–Crippen LogP) is 4.26. The molecule has 0 spiro atoms. The second-order valence-corrected chi connectivity index (χ2v) is 11.5. The number of fused-ring (bicyclic) bond motifs is 1. The molecular weight excluding hydrogens is 562 g/mol. The highest BCUT2D eigenvalue weighted by Gasteiger charge is 2.52. The van der Waals surface area contributed by atoms with Crippen molar-refractivity contribution >= 4 is 46.5 Å². The van der Waals surface area contributed by atoms with Crippen molar-refractivity contribution in [2.45, 2.75) is 76.1 Å². The van der Waals surface area contributed by atoms with Gasteiger partial charge in [0.15, 0.2) is 18.3 Å². The van der Waals surface area contributed by atoms with Gasteiger partial charge in [-0.1, -0.05) is 49.4 Å². The van der Waals surface area contributed by atoms with Crippen LogP contribution in [-0.2, 0) is 44.5 Å². The first-order valence-electron chi connectivity index (χ1n) is 13.7. The molecule has 1 N–H and O–H groups in total. The number of hydrogen-bond donors (Lipinski definition) is 1. The lowest BCUT2D eigenvalue weighted by atomic mass is 9.99. The molecule has 1 fully saturated rings.